The molecule has 1 N–H and O–H groups in total. The number of piperidine rings is 2. The number of pyridine rings is 1. The summed E-state index contributed by atoms with van der Waals surface area (Å²) in [5.41, 5.74) is 0.970. The van der Waals surface area contributed by atoms with Gasteiger partial charge in [0.2, 0.25) is 0 Å². The number of hydrogen-bond donors (Lipinski definition) is 1. The third-order valence-electron chi connectivity index (χ3n) is 7.15. The molecule has 0 aromatic carbocycles. The largest absolute Gasteiger partial charge is 0.368 e. The van der Waals surface area contributed by atoms with Gasteiger partial charge in [-0.1, -0.05) is 0 Å². The third-order valence-corrected chi connectivity index (χ3v) is 7.15. The molecule has 160 valence electrons. The molecule has 8 heteroatoms. The Bertz CT molecular complexity index is 1020. The summed E-state index contributed by atoms with van der Waals surface area (Å²) >= 11 is 0. The van der Waals surface area contributed by atoms with E-state index in [4.69, 9.17) is 4.74 Å². The maximum Gasteiger partial charge on any atom is 0.261 e. The Morgan fingerprint density at radius 1 is 1.23 bits per heavy atom. The molecule has 2 aromatic heterocycles. The molecule has 2 saturated heterocycles. The van der Waals surface area contributed by atoms with Gasteiger partial charge >= 0.3 is 0 Å². The van der Waals surface area contributed by atoms with E-state index in [0.29, 0.717) is 43.9 Å². The van der Waals surface area contributed by atoms with Crippen molar-refractivity contribution >= 4 is 5.91 Å². The highest BCUT2D eigenvalue weighted by molar-refractivity contribution is 5.85. The molecule has 30 heavy (non-hydrogen) atoms. The van der Waals surface area contributed by atoms with Crippen LogP contribution in [0.15, 0.2) is 29.3 Å². The topological polar surface area (TPSA) is 81.4 Å². The fourth-order valence-corrected chi connectivity index (χ4v) is 5.53. The van der Waals surface area contributed by atoms with E-state index in [1.807, 2.05) is 33.3 Å². The lowest BCUT2D eigenvalue weighted by Crippen LogP contribution is -2.59. The monoisotopic (exact) mass is 411 g/mol. The molecule has 0 radical (unpaired) electrons. The lowest BCUT2D eigenvalue weighted by Gasteiger charge is -2.46. The van der Waals surface area contributed by atoms with E-state index < -0.39 is 5.60 Å². The molecule has 2 atom stereocenters. The first-order chi connectivity index (χ1) is 14.5. The molecule has 8 nitrogen and oxygen atoms in total. The van der Waals surface area contributed by atoms with E-state index in [9.17, 15) is 9.59 Å². The van der Waals surface area contributed by atoms with Crippen molar-refractivity contribution in [2.45, 2.75) is 37.3 Å². The van der Waals surface area contributed by atoms with Crippen molar-refractivity contribution in [3.8, 4) is 11.4 Å². The van der Waals surface area contributed by atoms with E-state index >= 15 is 0 Å². The summed E-state index contributed by atoms with van der Waals surface area (Å²) in [7, 11) is 3.55. The van der Waals surface area contributed by atoms with Crippen LogP contribution in [0.5, 0.6) is 0 Å². The Morgan fingerprint density at radius 3 is 2.73 bits per heavy atom. The van der Waals surface area contributed by atoms with Gasteiger partial charge in [-0.25, -0.2) is 4.98 Å². The second-order valence-electron chi connectivity index (χ2n) is 8.91. The number of hydrogen-bond acceptors (Lipinski definition) is 5. The lowest BCUT2D eigenvalue weighted by molar-refractivity contribution is -0.161. The molecule has 5 heterocycles. The molecule has 0 saturated carbocycles. The number of nitrogens with one attached hydrogen (secondary N) is 1. The first kappa shape index (κ1) is 19.5. The van der Waals surface area contributed by atoms with Crippen molar-refractivity contribution in [3.05, 3.63) is 40.6 Å². The number of likely N-dealkylation sites (tertiary alicyclic amines) is 1. The predicted octanol–water partition coefficient (Wildman–Crippen LogP) is 0.963. The van der Waals surface area contributed by atoms with Crippen molar-refractivity contribution < 1.29 is 9.53 Å². The summed E-state index contributed by atoms with van der Waals surface area (Å²) < 4.78 is 9.57. The maximum atomic E-state index is 13.5. The van der Waals surface area contributed by atoms with E-state index in [2.05, 4.69) is 16.4 Å². The summed E-state index contributed by atoms with van der Waals surface area (Å²) in [4.78, 5) is 33.1. The van der Waals surface area contributed by atoms with E-state index in [-0.39, 0.29) is 23.3 Å². The molecule has 2 fully saturated rings. The van der Waals surface area contributed by atoms with Crippen LogP contribution >= 0.6 is 0 Å². The van der Waals surface area contributed by atoms with Gasteiger partial charge in [-0.05, 0) is 50.4 Å². The number of aryl methyl sites for hydroxylation is 1. The molecule has 2 bridgehead atoms. The zero-order chi connectivity index (χ0) is 20.9. The Kier molecular flexibility index (Phi) is 4.78. The Morgan fingerprint density at radius 2 is 2.03 bits per heavy atom. The average molecular weight is 412 g/mol. The van der Waals surface area contributed by atoms with Crippen LogP contribution < -0.4 is 10.9 Å². The quantitative estimate of drug-likeness (QED) is 0.814. The molecular formula is C22H29N5O3. The predicted molar refractivity (Wildman–Crippen MR) is 112 cm³/mol. The van der Waals surface area contributed by atoms with E-state index in [1.54, 1.807) is 13.3 Å². The van der Waals surface area contributed by atoms with Crippen molar-refractivity contribution in [3.63, 3.8) is 0 Å². The molecule has 1 amide bonds. The van der Waals surface area contributed by atoms with Crippen LogP contribution in [0.2, 0.25) is 0 Å². The Labute approximate surface area is 175 Å². The van der Waals surface area contributed by atoms with Crippen LogP contribution in [-0.4, -0.2) is 63.8 Å². The normalized spacial score (nSPS) is 25.1. The minimum absolute atomic E-state index is 0.0167. The number of fused-ring (bicyclic) bond motifs is 4. The van der Waals surface area contributed by atoms with Gasteiger partial charge in [-0.15, -0.1) is 0 Å². The molecule has 0 aliphatic carbocycles. The number of methoxy groups -OCH3 is 1. The highest BCUT2D eigenvalue weighted by atomic mass is 16.5. The Hall–Kier alpha value is -2.45. The van der Waals surface area contributed by atoms with Crippen LogP contribution in [-0.2, 0) is 23.1 Å². The molecule has 2 aromatic rings. The minimum Gasteiger partial charge on any atom is -0.368 e. The SMILES string of the molecule is COC1(C(=O)N2C[C@@H]3C[C@H](C2)c2ccc(-c4nccn4C)c(=O)n2C3)CCNCC1. The average Bonchev–Trinajstić information content (AvgIpc) is 3.20. The maximum absolute atomic E-state index is 13.5. The molecule has 5 rings (SSSR count). The van der Waals surface area contributed by atoms with E-state index in [0.717, 1.165) is 25.2 Å². The van der Waals surface area contributed by atoms with Gasteiger partial charge < -0.3 is 24.1 Å². The second kappa shape index (κ2) is 7.35. The molecular weight excluding hydrogens is 382 g/mol. The fourth-order valence-electron chi connectivity index (χ4n) is 5.53. The summed E-state index contributed by atoms with van der Waals surface area (Å²) in [5.74, 6) is 1.27. The van der Waals surface area contributed by atoms with Crippen LogP contribution in [0.25, 0.3) is 11.4 Å². The van der Waals surface area contributed by atoms with Gasteiger partial charge in [0.05, 0.1) is 5.56 Å². The number of aromatic nitrogens is 3. The van der Waals surface area contributed by atoms with Crippen LogP contribution in [0.1, 0.15) is 30.9 Å². The smallest absolute Gasteiger partial charge is 0.261 e. The molecule has 3 aliphatic rings. The number of amides is 1. The highest BCUT2D eigenvalue weighted by Gasteiger charge is 2.46. The zero-order valence-electron chi connectivity index (χ0n) is 17.6. The van der Waals surface area contributed by atoms with Gasteiger partial charge in [0.15, 0.2) is 0 Å². The van der Waals surface area contributed by atoms with Crippen molar-refractivity contribution in [2.75, 3.05) is 33.3 Å². The third kappa shape index (κ3) is 3.01. The summed E-state index contributed by atoms with van der Waals surface area (Å²) in [6, 6.07) is 3.94. The number of imidazole rings is 1. The summed E-state index contributed by atoms with van der Waals surface area (Å²) in [6.45, 7) is 3.58. The van der Waals surface area contributed by atoms with Gasteiger partial charge in [-0.2, -0.15) is 0 Å². The van der Waals surface area contributed by atoms with Crippen molar-refractivity contribution in [1.82, 2.24) is 24.3 Å². The molecule has 0 spiro atoms. The van der Waals surface area contributed by atoms with Crippen molar-refractivity contribution in [1.29, 1.82) is 0 Å². The lowest BCUT2D eigenvalue weighted by atomic mass is 9.81. The Balaban J connectivity index is 1.44. The van der Waals surface area contributed by atoms with Crippen molar-refractivity contribution in [2.24, 2.45) is 13.0 Å². The number of rotatable bonds is 3. The minimum atomic E-state index is -0.710. The van der Waals surface area contributed by atoms with Crippen LogP contribution in [0.4, 0.5) is 0 Å². The zero-order valence-corrected chi connectivity index (χ0v) is 17.6. The second-order valence-corrected chi connectivity index (χ2v) is 8.91. The highest BCUT2D eigenvalue weighted by Crippen LogP contribution is 2.37. The van der Waals surface area contributed by atoms with Gasteiger partial charge in [-0.3, -0.25) is 9.59 Å². The molecule has 3 aliphatic heterocycles. The van der Waals surface area contributed by atoms with Crippen LogP contribution in [0.3, 0.4) is 0 Å². The first-order valence-corrected chi connectivity index (χ1v) is 10.8. The standard InChI is InChI=1S/C22H29N5O3/c1-25-10-9-24-19(25)17-3-4-18-16-11-15(13-27(18)20(17)28)12-26(14-16)21(29)22(30-2)5-7-23-8-6-22/h3-4,9-10,15-16,23H,5-8,11-14H2,1-2H3/t15-,16+/m0/s1. The fraction of sp³-hybridized carbons (Fsp3) is 0.591. The van der Waals surface area contributed by atoms with Gasteiger partial charge in [0, 0.05) is 57.8 Å². The van der Waals surface area contributed by atoms with Gasteiger partial charge in [0.1, 0.15) is 11.4 Å². The van der Waals surface area contributed by atoms with Gasteiger partial charge in [0.25, 0.3) is 11.5 Å². The van der Waals surface area contributed by atoms with Crippen LogP contribution in [0, 0.1) is 5.92 Å². The number of carbonyl (C=O) groups is 1. The van der Waals surface area contributed by atoms with E-state index in [1.165, 1.54) is 0 Å². The molecule has 0 unspecified atom stereocenters. The number of nitrogens with zero attached hydrogens (tertiary/aromatic N) is 4. The summed E-state index contributed by atoms with van der Waals surface area (Å²) in [5, 5.41) is 3.32. The number of ether oxygens (including phenoxy) is 1. The summed E-state index contributed by atoms with van der Waals surface area (Å²) in [6.07, 6.45) is 5.99. The number of carbonyl (C=O) groups excluding carboxylic acids is 1. The first-order valence-electron chi connectivity index (χ1n) is 10.8.